The Bertz CT molecular complexity index is 388. The molecule has 0 aromatic carbocycles. The summed E-state index contributed by atoms with van der Waals surface area (Å²) in [6.45, 7) is 0.976. The molecule has 0 spiro atoms. The van der Waals surface area contributed by atoms with E-state index >= 15 is 0 Å². The lowest BCUT2D eigenvalue weighted by atomic mass is 10.1. The van der Waals surface area contributed by atoms with Crippen molar-refractivity contribution in [1.82, 2.24) is 10.2 Å². The average Bonchev–Trinajstić information content (AvgIpc) is 3.12. The van der Waals surface area contributed by atoms with Crippen LogP contribution >= 0.6 is 0 Å². The highest BCUT2D eigenvalue weighted by molar-refractivity contribution is 5.77. The lowest BCUT2D eigenvalue weighted by Crippen LogP contribution is -2.41. The van der Waals surface area contributed by atoms with Crippen LogP contribution in [0.4, 0.5) is 0 Å². The van der Waals surface area contributed by atoms with Crippen LogP contribution in [0.3, 0.4) is 0 Å². The molecule has 20 heavy (non-hydrogen) atoms. The van der Waals surface area contributed by atoms with Gasteiger partial charge in [0.05, 0.1) is 0 Å². The maximum atomic E-state index is 11.0. The van der Waals surface area contributed by atoms with Crippen molar-refractivity contribution in [3.8, 4) is 0 Å². The van der Waals surface area contributed by atoms with Crippen molar-refractivity contribution in [1.29, 1.82) is 0 Å². The zero-order valence-corrected chi connectivity index (χ0v) is 10.9. The molecule has 1 heterocycles. The Kier molecular flexibility index (Phi) is 5.86. The van der Waals surface area contributed by atoms with E-state index in [1.807, 2.05) is 0 Å². The Labute approximate surface area is 115 Å². The topological polar surface area (TPSA) is 153 Å². The van der Waals surface area contributed by atoms with E-state index in [1.54, 1.807) is 4.90 Å². The van der Waals surface area contributed by atoms with Crippen molar-refractivity contribution in [2.75, 3.05) is 19.6 Å². The van der Waals surface area contributed by atoms with Gasteiger partial charge in [0.2, 0.25) is 0 Å². The van der Waals surface area contributed by atoms with Crippen molar-refractivity contribution >= 4 is 17.9 Å². The van der Waals surface area contributed by atoms with Gasteiger partial charge in [-0.15, -0.1) is 0 Å². The minimum Gasteiger partial charge on any atom is -0.480 e. The normalized spacial score (nSPS) is 23.9. The van der Waals surface area contributed by atoms with Gasteiger partial charge >= 0.3 is 17.9 Å². The molecule has 9 nitrogen and oxygen atoms in total. The van der Waals surface area contributed by atoms with E-state index in [1.165, 1.54) is 0 Å². The molecule has 0 saturated carbocycles. The summed E-state index contributed by atoms with van der Waals surface area (Å²) in [5.41, 5.74) is 5.30. The molecule has 1 rings (SSSR count). The van der Waals surface area contributed by atoms with Crippen molar-refractivity contribution in [2.24, 2.45) is 5.73 Å². The molecule has 0 aliphatic carbocycles. The van der Waals surface area contributed by atoms with Gasteiger partial charge in [-0.1, -0.05) is 0 Å². The first kappa shape index (κ1) is 16.3. The first-order valence-corrected chi connectivity index (χ1v) is 6.24. The van der Waals surface area contributed by atoms with Crippen LogP contribution in [0.15, 0.2) is 0 Å². The van der Waals surface area contributed by atoms with E-state index in [-0.39, 0.29) is 19.4 Å². The SMILES string of the molecule is N[C@@H](CCN[C@@H](CCN1C[C@H]1C(=O)O)C(=O)O)C(=O)O. The number of hydrogen-bond acceptors (Lipinski definition) is 6. The molecule has 9 heteroatoms. The second kappa shape index (κ2) is 7.17. The number of nitrogens with zero attached hydrogens (tertiary/aromatic N) is 1. The van der Waals surface area contributed by atoms with Gasteiger partial charge in [-0.2, -0.15) is 0 Å². The van der Waals surface area contributed by atoms with Crippen molar-refractivity contribution in [3.05, 3.63) is 0 Å². The largest absolute Gasteiger partial charge is 0.480 e. The van der Waals surface area contributed by atoms with E-state index in [2.05, 4.69) is 5.32 Å². The molecule has 114 valence electrons. The molecule has 1 aliphatic rings. The van der Waals surface area contributed by atoms with Crippen molar-refractivity contribution in [3.63, 3.8) is 0 Å². The number of aliphatic carboxylic acids is 3. The van der Waals surface area contributed by atoms with E-state index < -0.39 is 36.0 Å². The summed E-state index contributed by atoms with van der Waals surface area (Å²) in [4.78, 5) is 33.8. The second-order valence-electron chi connectivity index (χ2n) is 4.72. The molecule has 1 unspecified atom stereocenters. The van der Waals surface area contributed by atoms with Gasteiger partial charge in [-0.05, 0) is 19.4 Å². The molecule has 4 atom stereocenters. The summed E-state index contributed by atoms with van der Waals surface area (Å²) in [5.74, 6) is -3.09. The standard InChI is InChI=1S/C11H19N3O6/c12-6(9(15)16)1-3-13-7(10(17)18)2-4-14-5-8(14)11(19)20/h6-8,13H,1-5,12H2,(H,15,16)(H,17,18)(H,19,20)/t6-,7-,8-,14?/m0/s1. The van der Waals surface area contributed by atoms with E-state index in [4.69, 9.17) is 21.1 Å². The van der Waals surface area contributed by atoms with E-state index in [0.29, 0.717) is 13.1 Å². The molecule has 1 fully saturated rings. The number of carboxylic acid groups (broad SMARTS) is 3. The smallest absolute Gasteiger partial charge is 0.322 e. The van der Waals surface area contributed by atoms with Gasteiger partial charge in [0, 0.05) is 13.1 Å². The molecule has 6 N–H and O–H groups in total. The number of rotatable bonds is 10. The van der Waals surface area contributed by atoms with Crippen LogP contribution in [0.1, 0.15) is 12.8 Å². The number of nitrogens with two attached hydrogens (primary N) is 1. The van der Waals surface area contributed by atoms with Gasteiger partial charge in [0.15, 0.2) is 0 Å². The van der Waals surface area contributed by atoms with E-state index in [0.717, 1.165) is 0 Å². The molecule has 0 aromatic rings. The van der Waals surface area contributed by atoms with Crippen LogP contribution in [0.25, 0.3) is 0 Å². The third-order valence-corrected chi connectivity index (χ3v) is 3.17. The maximum Gasteiger partial charge on any atom is 0.322 e. The predicted octanol–water partition coefficient (Wildman–Crippen LogP) is -2.01. The molecular formula is C11H19N3O6. The zero-order chi connectivity index (χ0) is 15.3. The lowest BCUT2D eigenvalue weighted by molar-refractivity contribution is -0.139. The quantitative estimate of drug-likeness (QED) is 0.287. The number of carboxylic acids is 3. The highest BCUT2D eigenvalue weighted by Gasteiger charge is 2.40. The zero-order valence-electron chi connectivity index (χ0n) is 10.9. The number of hydrogen-bond donors (Lipinski definition) is 5. The van der Waals surface area contributed by atoms with Gasteiger partial charge in [-0.25, -0.2) is 0 Å². The van der Waals surface area contributed by atoms with Crippen LogP contribution in [0, 0.1) is 0 Å². The Morgan fingerprint density at radius 2 is 1.85 bits per heavy atom. The Hall–Kier alpha value is -1.71. The van der Waals surface area contributed by atoms with Crippen LogP contribution in [0.2, 0.25) is 0 Å². The van der Waals surface area contributed by atoms with Gasteiger partial charge in [0.1, 0.15) is 18.1 Å². The number of nitrogens with one attached hydrogen (secondary N) is 1. The van der Waals surface area contributed by atoms with Gasteiger partial charge in [0.25, 0.3) is 0 Å². The highest BCUT2D eigenvalue weighted by atomic mass is 16.4. The fourth-order valence-corrected chi connectivity index (χ4v) is 1.80. The lowest BCUT2D eigenvalue weighted by Gasteiger charge is -2.15. The fourth-order valence-electron chi connectivity index (χ4n) is 1.80. The predicted molar refractivity (Wildman–Crippen MR) is 67.3 cm³/mol. The molecule has 1 saturated heterocycles. The van der Waals surface area contributed by atoms with Gasteiger partial charge in [-0.3, -0.25) is 19.3 Å². The maximum absolute atomic E-state index is 11.0. The van der Waals surface area contributed by atoms with Crippen LogP contribution in [-0.2, 0) is 14.4 Å². The second-order valence-corrected chi connectivity index (χ2v) is 4.72. The summed E-state index contributed by atoms with van der Waals surface area (Å²) >= 11 is 0. The average molecular weight is 289 g/mol. The first-order valence-electron chi connectivity index (χ1n) is 6.24. The fraction of sp³-hybridized carbons (Fsp3) is 0.727. The highest BCUT2D eigenvalue weighted by Crippen LogP contribution is 2.17. The van der Waals surface area contributed by atoms with Crippen molar-refractivity contribution in [2.45, 2.75) is 31.0 Å². The van der Waals surface area contributed by atoms with Crippen LogP contribution in [-0.4, -0.2) is 75.9 Å². The first-order chi connectivity index (χ1) is 9.32. The Balaban J connectivity index is 2.26. The molecule has 0 amide bonds. The summed E-state index contributed by atoms with van der Waals surface area (Å²) in [5, 5.41) is 29.0. The monoisotopic (exact) mass is 289 g/mol. The summed E-state index contributed by atoms with van der Waals surface area (Å²) in [6, 6.07) is -2.38. The Morgan fingerprint density at radius 3 is 2.30 bits per heavy atom. The molecule has 0 aromatic heterocycles. The van der Waals surface area contributed by atoms with Crippen LogP contribution < -0.4 is 11.1 Å². The van der Waals surface area contributed by atoms with Crippen molar-refractivity contribution < 1.29 is 29.7 Å². The van der Waals surface area contributed by atoms with Gasteiger partial charge < -0.3 is 26.4 Å². The van der Waals surface area contributed by atoms with E-state index in [9.17, 15) is 14.4 Å². The number of carbonyl (C=O) groups is 3. The summed E-state index contributed by atoms with van der Waals surface area (Å²) < 4.78 is 0. The minimum atomic E-state index is -1.13. The summed E-state index contributed by atoms with van der Waals surface area (Å²) in [6.07, 6.45) is 0.377. The molecule has 1 aliphatic heterocycles. The third-order valence-electron chi connectivity index (χ3n) is 3.17. The summed E-state index contributed by atoms with van der Waals surface area (Å²) in [7, 11) is 0. The molecule has 0 radical (unpaired) electrons. The molecule has 0 bridgehead atoms. The minimum absolute atomic E-state index is 0.126. The van der Waals surface area contributed by atoms with Crippen LogP contribution in [0.5, 0.6) is 0 Å². The Morgan fingerprint density at radius 1 is 1.20 bits per heavy atom. The third kappa shape index (κ3) is 5.11. The molecular weight excluding hydrogens is 270 g/mol.